The van der Waals surface area contributed by atoms with E-state index in [1.807, 2.05) is 42.5 Å². The first-order valence-corrected chi connectivity index (χ1v) is 10.3. The van der Waals surface area contributed by atoms with Gasteiger partial charge in [0.05, 0.1) is 17.1 Å². The maximum atomic E-state index is 12.0. The van der Waals surface area contributed by atoms with Crippen molar-refractivity contribution in [1.29, 1.82) is 5.26 Å². The Morgan fingerprint density at radius 1 is 1.18 bits per heavy atom. The molecule has 28 heavy (non-hydrogen) atoms. The maximum Gasteiger partial charge on any atom is 0.419 e. The largest absolute Gasteiger partial charge is 0.419 e. The molecule has 7 heteroatoms. The zero-order valence-corrected chi connectivity index (χ0v) is 16.2. The van der Waals surface area contributed by atoms with Crippen molar-refractivity contribution in [3.8, 4) is 6.07 Å². The SMILES string of the molecule is N#Cc1ccccc1CSCCNC(=O)CCCn1c(=O)oc2ccccc21. The maximum absolute atomic E-state index is 12.0. The summed E-state index contributed by atoms with van der Waals surface area (Å²) in [5, 5.41) is 12.0. The van der Waals surface area contributed by atoms with E-state index in [1.54, 1.807) is 22.4 Å². The molecule has 0 fully saturated rings. The van der Waals surface area contributed by atoms with Crippen LogP contribution in [0.3, 0.4) is 0 Å². The Balaban J connectivity index is 1.35. The summed E-state index contributed by atoms with van der Waals surface area (Å²) in [7, 11) is 0. The van der Waals surface area contributed by atoms with Crippen molar-refractivity contribution in [1.82, 2.24) is 9.88 Å². The molecule has 0 aliphatic rings. The van der Waals surface area contributed by atoms with Gasteiger partial charge in [0.1, 0.15) is 0 Å². The zero-order chi connectivity index (χ0) is 19.8. The van der Waals surface area contributed by atoms with Crippen LogP contribution in [0.25, 0.3) is 11.1 Å². The third-order valence-electron chi connectivity index (χ3n) is 4.32. The number of nitriles is 1. The number of nitrogens with one attached hydrogen (secondary N) is 1. The van der Waals surface area contributed by atoms with Crippen LogP contribution in [0.1, 0.15) is 24.0 Å². The molecule has 2 aromatic carbocycles. The van der Waals surface area contributed by atoms with E-state index in [-0.39, 0.29) is 5.91 Å². The van der Waals surface area contributed by atoms with Gasteiger partial charge in [-0.15, -0.1) is 0 Å². The van der Waals surface area contributed by atoms with Crippen molar-refractivity contribution in [2.75, 3.05) is 12.3 Å². The van der Waals surface area contributed by atoms with Crippen LogP contribution in [-0.2, 0) is 17.1 Å². The van der Waals surface area contributed by atoms with Crippen molar-refractivity contribution in [2.45, 2.75) is 25.1 Å². The molecule has 3 rings (SSSR count). The average Bonchev–Trinajstić information content (AvgIpc) is 3.03. The lowest BCUT2D eigenvalue weighted by molar-refractivity contribution is -0.121. The van der Waals surface area contributed by atoms with Crippen LogP contribution in [-0.4, -0.2) is 22.8 Å². The Labute approximate surface area is 167 Å². The minimum absolute atomic E-state index is 0.0288. The van der Waals surface area contributed by atoms with Gasteiger partial charge in [0.2, 0.25) is 5.91 Å². The smallest absolute Gasteiger partial charge is 0.408 e. The third kappa shape index (κ3) is 5.05. The number of carbonyl (C=O) groups is 1. The van der Waals surface area contributed by atoms with Crippen molar-refractivity contribution >= 4 is 28.8 Å². The van der Waals surface area contributed by atoms with Gasteiger partial charge < -0.3 is 9.73 Å². The van der Waals surface area contributed by atoms with Crippen LogP contribution in [0.2, 0.25) is 0 Å². The third-order valence-corrected chi connectivity index (χ3v) is 5.33. The number of oxazole rings is 1. The predicted molar refractivity (Wildman–Crippen MR) is 110 cm³/mol. The second kappa shape index (κ2) is 9.81. The molecule has 0 aliphatic heterocycles. The molecule has 0 aliphatic carbocycles. The predicted octanol–water partition coefficient (Wildman–Crippen LogP) is 3.30. The summed E-state index contributed by atoms with van der Waals surface area (Å²) in [6.45, 7) is 1.02. The minimum Gasteiger partial charge on any atom is -0.408 e. The summed E-state index contributed by atoms with van der Waals surface area (Å²) < 4.78 is 6.75. The lowest BCUT2D eigenvalue weighted by Crippen LogP contribution is -2.26. The summed E-state index contributed by atoms with van der Waals surface area (Å²) >= 11 is 1.68. The van der Waals surface area contributed by atoms with Crippen LogP contribution >= 0.6 is 11.8 Å². The van der Waals surface area contributed by atoms with Crippen LogP contribution in [0.5, 0.6) is 0 Å². The summed E-state index contributed by atoms with van der Waals surface area (Å²) in [6.07, 6.45) is 0.922. The average molecular weight is 395 g/mol. The molecule has 0 unspecified atom stereocenters. The number of carbonyl (C=O) groups excluding carboxylic acids is 1. The highest BCUT2D eigenvalue weighted by molar-refractivity contribution is 7.98. The number of benzene rings is 2. The van der Waals surface area contributed by atoms with Gasteiger partial charge in [-0.05, 0) is 30.2 Å². The molecule has 1 amide bonds. The molecular weight excluding hydrogens is 374 g/mol. The molecule has 1 heterocycles. The number of para-hydroxylation sites is 2. The fourth-order valence-electron chi connectivity index (χ4n) is 2.91. The molecule has 1 aromatic heterocycles. The van der Waals surface area contributed by atoms with E-state index in [2.05, 4.69) is 11.4 Å². The van der Waals surface area contributed by atoms with Gasteiger partial charge in [-0.25, -0.2) is 4.79 Å². The first-order chi connectivity index (χ1) is 13.7. The molecule has 0 saturated heterocycles. The van der Waals surface area contributed by atoms with Crippen LogP contribution in [0.15, 0.2) is 57.7 Å². The molecule has 0 atom stereocenters. The van der Waals surface area contributed by atoms with E-state index in [0.29, 0.717) is 37.1 Å². The number of aromatic nitrogens is 1. The molecule has 0 bridgehead atoms. The van der Waals surface area contributed by atoms with E-state index in [1.165, 1.54) is 0 Å². The number of amides is 1. The van der Waals surface area contributed by atoms with E-state index >= 15 is 0 Å². The topological polar surface area (TPSA) is 88.0 Å². The van der Waals surface area contributed by atoms with Crippen molar-refractivity contribution < 1.29 is 9.21 Å². The summed E-state index contributed by atoms with van der Waals surface area (Å²) in [6, 6.07) is 17.0. The van der Waals surface area contributed by atoms with Crippen LogP contribution < -0.4 is 11.1 Å². The van der Waals surface area contributed by atoms with Gasteiger partial charge in [0.15, 0.2) is 5.58 Å². The fraction of sp³-hybridized carbons (Fsp3) is 0.286. The van der Waals surface area contributed by atoms with Crippen LogP contribution in [0, 0.1) is 11.3 Å². The molecule has 0 radical (unpaired) electrons. The fourth-order valence-corrected chi connectivity index (χ4v) is 3.77. The Hall–Kier alpha value is -2.98. The van der Waals surface area contributed by atoms with Crippen molar-refractivity contribution in [3.05, 3.63) is 70.2 Å². The van der Waals surface area contributed by atoms with E-state index in [9.17, 15) is 9.59 Å². The molecule has 1 N–H and O–H groups in total. The number of hydrogen-bond donors (Lipinski definition) is 1. The normalized spacial score (nSPS) is 10.7. The number of aryl methyl sites for hydroxylation is 1. The molecule has 3 aromatic rings. The van der Waals surface area contributed by atoms with Crippen molar-refractivity contribution in [3.63, 3.8) is 0 Å². The van der Waals surface area contributed by atoms with Gasteiger partial charge in [-0.1, -0.05) is 30.3 Å². The summed E-state index contributed by atoms with van der Waals surface area (Å²) in [5.41, 5.74) is 3.02. The molecule has 0 saturated carbocycles. The van der Waals surface area contributed by atoms with Gasteiger partial charge in [0, 0.05) is 31.0 Å². The summed E-state index contributed by atoms with van der Waals surface area (Å²) in [5.74, 6) is 1.10. The highest BCUT2D eigenvalue weighted by atomic mass is 32.2. The van der Waals surface area contributed by atoms with E-state index < -0.39 is 5.76 Å². The van der Waals surface area contributed by atoms with Gasteiger partial charge in [-0.3, -0.25) is 9.36 Å². The molecule has 0 spiro atoms. The first kappa shape index (κ1) is 19.8. The second-order valence-corrected chi connectivity index (χ2v) is 7.37. The first-order valence-electron chi connectivity index (χ1n) is 9.10. The highest BCUT2D eigenvalue weighted by Gasteiger charge is 2.09. The number of hydrogen-bond acceptors (Lipinski definition) is 5. The Kier molecular flexibility index (Phi) is 6.93. The quantitative estimate of drug-likeness (QED) is 0.562. The van der Waals surface area contributed by atoms with E-state index in [0.717, 1.165) is 22.6 Å². The molecular formula is C21H21N3O3S. The zero-order valence-electron chi connectivity index (χ0n) is 15.4. The number of nitrogens with zero attached hydrogens (tertiary/aromatic N) is 2. The Bertz CT molecular complexity index is 1050. The number of rotatable bonds is 9. The van der Waals surface area contributed by atoms with Crippen molar-refractivity contribution in [2.24, 2.45) is 0 Å². The Morgan fingerprint density at radius 2 is 1.96 bits per heavy atom. The van der Waals surface area contributed by atoms with Gasteiger partial charge >= 0.3 is 5.76 Å². The number of fused-ring (bicyclic) bond motifs is 1. The van der Waals surface area contributed by atoms with Gasteiger partial charge in [-0.2, -0.15) is 17.0 Å². The number of thioether (sulfide) groups is 1. The highest BCUT2D eigenvalue weighted by Crippen LogP contribution is 2.15. The lowest BCUT2D eigenvalue weighted by atomic mass is 10.1. The molecule has 6 nitrogen and oxygen atoms in total. The summed E-state index contributed by atoms with van der Waals surface area (Å²) in [4.78, 5) is 23.9. The monoisotopic (exact) mass is 395 g/mol. The van der Waals surface area contributed by atoms with Gasteiger partial charge in [0.25, 0.3) is 0 Å². The minimum atomic E-state index is -0.393. The van der Waals surface area contributed by atoms with Crippen LogP contribution in [0.4, 0.5) is 0 Å². The standard InChI is InChI=1S/C21H21N3O3S/c22-14-16-6-1-2-7-17(16)15-28-13-11-23-20(25)10-5-12-24-18-8-3-4-9-19(18)27-21(24)26/h1-4,6-9H,5,10-13,15H2,(H,23,25). The second-order valence-electron chi connectivity index (χ2n) is 6.26. The lowest BCUT2D eigenvalue weighted by Gasteiger charge is -2.06. The molecule has 144 valence electrons. The van der Waals surface area contributed by atoms with E-state index in [4.69, 9.17) is 9.68 Å². The Morgan fingerprint density at radius 3 is 2.82 bits per heavy atom.